The summed E-state index contributed by atoms with van der Waals surface area (Å²) in [4.78, 5) is 0. The fourth-order valence-electron chi connectivity index (χ4n) is 4.07. The van der Waals surface area contributed by atoms with Crippen molar-refractivity contribution in [3.63, 3.8) is 0 Å². The molecule has 0 fully saturated rings. The monoisotopic (exact) mass is 468 g/mol. The molecule has 0 radical (unpaired) electrons. The number of ether oxygens (including phenoxy) is 2. The van der Waals surface area contributed by atoms with Crippen LogP contribution >= 0.6 is 0 Å². The molecule has 0 unspecified atom stereocenters. The SMILES string of the molecule is COc1ccc(C(=C(c2ccccc2)c2cccc(C=C(C#N)C#N)c2)c2ccc(OC)cc2)cc1. The highest BCUT2D eigenvalue weighted by Crippen LogP contribution is 2.38. The molecule has 0 N–H and O–H groups in total. The van der Waals surface area contributed by atoms with Gasteiger partial charge in [0.05, 0.1) is 14.2 Å². The van der Waals surface area contributed by atoms with Crippen LogP contribution in [0.2, 0.25) is 0 Å². The second kappa shape index (κ2) is 11.4. The summed E-state index contributed by atoms with van der Waals surface area (Å²) in [5, 5.41) is 18.5. The van der Waals surface area contributed by atoms with Crippen LogP contribution < -0.4 is 9.47 Å². The maximum absolute atomic E-state index is 9.24. The van der Waals surface area contributed by atoms with Gasteiger partial charge in [-0.25, -0.2) is 0 Å². The van der Waals surface area contributed by atoms with E-state index in [4.69, 9.17) is 9.47 Å². The molecule has 0 bridgehead atoms. The van der Waals surface area contributed by atoms with Crippen LogP contribution in [0.4, 0.5) is 0 Å². The van der Waals surface area contributed by atoms with Gasteiger partial charge in [0, 0.05) is 0 Å². The van der Waals surface area contributed by atoms with E-state index in [2.05, 4.69) is 36.4 Å². The third-order valence-corrected chi connectivity index (χ3v) is 5.80. The first-order valence-corrected chi connectivity index (χ1v) is 11.4. The van der Waals surface area contributed by atoms with E-state index in [1.54, 1.807) is 20.3 Å². The smallest absolute Gasteiger partial charge is 0.130 e. The number of hydrogen-bond acceptors (Lipinski definition) is 4. The van der Waals surface area contributed by atoms with E-state index in [9.17, 15) is 10.5 Å². The second-order valence-electron chi connectivity index (χ2n) is 7.98. The van der Waals surface area contributed by atoms with Gasteiger partial charge in [-0.05, 0) is 75.4 Å². The molecule has 36 heavy (non-hydrogen) atoms. The third kappa shape index (κ3) is 5.36. The van der Waals surface area contributed by atoms with E-state index >= 15 is 0 Å². The van der Waals surface area contributed by atoms with E-state index in [0.29, 0.717) is 0 Å². The lowest BCUT2D eigenvalue weighted by molar-refractivity contribution is 0.414. The molecule has 0 heterocycles. The fraction of sp³-hybridized carbons (Fsp3) is 0.0625. The zero-order chi connectivity index (χ0) is 25.3. The van der Waals surface area contributed by atoms with Crippen LogP contribution in [0.5, 0.6) is 11.5 Å². The van der Waals surface area contributed by atoms with Gasteiger partial charge < -0.3 is 9.47 Å². The van der Waals surface area contributed by atoms with Crippen molar-refractivity contribution in [1.29, 1.82) is 10.5 Å². The van der Waals surface area contributed by atoms with Gasteiger partial charge >= 0.3 is 0 Å². The lowest BCUT2D eigenvalue weighted by Gasteiger charge is -2.19. The number of nitrogens with zero attached hydrogens (tertiary/aromatic N) is 2. The largest absolute Gasteiger partial charge is 0.497 e. The molecular weight excluding hydrogens is 444 g/mol. The van der Waals surface area contributed by atoms with Gasteiger partial charge in [-0.15, -0.1) is 0 Å². The van der Waals surface area contributed by atoms with Gasteiger partial charge in [-0.1, -0.05) is 72.8 Å². The topological polar surface area (TPSA) is 66.0 Å². The lowest BCUT2D eigenvalue weighted by atomic mass is 9.85. The van der Waals surface area contributed by atoms with Crippen LogP contribution in [0.15, 0.2) is 109 Å². The summed E-state index contributed by atoms with van der Waals surface area (Å²) >= 11 is 0. The van der Waals surface area contributed by atoms with Crippen molar-refractivity contribution >= 4 is 17.2 Å². The Morgan fingerprint density at radius 3 is 1.56 bits per heavy atom. The molecule has 0 saturated carbocycles. The Kier molecular flexibility index (Phi) is 7.61. The average molecular weight is 469 g/mol. The van der Waals surface area contributed by atoms with Crippen molar-refractivity contribution < 1.29 is 9.47 Å². The Labute approximate surface area is 211 Å². The summed E-state index contributed by atoms with van der Waals surface area (Å²) in [6.07, 6.45) is 1.60. The summed E-state index contributed by atoms with van der Waals surface area (Å²) in [5.74, 6) is 1.56. The van der Waals surface area contributed by atoms with Gasteiger partial charge in [0.25, 0.3) is 0 Å². The van der Waals surface area contributed by atoms with Crippen LogP contribution in [-0.4, -0.2) is 14.2 Å². The van der Waals surface area contributed by atoms with Crippen LogP contribution in [-0.2, 0) is 0 Å². The predicted molar refractivity (Wildman–Crippen MR) is 143 cm³/mol. The molecular formula is C32H24N2O2. The summed E-state index contributed by atoms with van der Waals surface area (Å²) in [6, 6.07) is 38.0. The van der Waals surface area contributed by atoms with Crippen LogP contribution in [0.1, 0.15) is 27.8 Å². The Hall–Kier alpha value is -5.06. The molecule has 4 aromatic carbocycles. The van der Waals surface area contributed by atoms with Crippen molar-refractivity contribution in [2.45, 2.75) is 0 Å². The highest BCUT2D eigenvalue weighted by Gasteiger charge is 2.17. The number of hydrogen-bond donors (Lipinski definition) is 0. The van der Waals surface area contributed by atoms with Crippen LogP contribution in [0.25, 0.3) is 17.2 Å². The number of benzene rings is 4. The summed E-state index contributed by atoms with van der Waals surface area (Å²) in [6.45, 7) is 0. The van der Waals surface area contributed by atoms with Crippen LogP contribution in [0, 0.1) is 22.7 Å². The molecule has 4 heteroatoms. The molecule has 4 rings (SSSR count). The van der Waals surface area contributed by atoms with Gasteiger partial charge in [-0.2, -0.15) is 10.5 Å². The number of methoxy groups -OCH3 is 2. The maximum atomic E-state index is 9.24. The molecule has 4 nitrogen and oxygen atoms in total. The molecule has 0 aliphatic heterocycles. The molecule has 0 aliphatic carbocycles. The minimum Gasteiger partial charge on any atom is -0.497 e. The first-order chi connectivity index (χ1) is 17.7. The number of nitriles is 2. The first-order valence-electron chi connectivity index (χ1n) is 11.4. The standard InChI is InChI=1S/C32H24N2O2/c1-35-29-15-11-26(12-16-29)31(27-13-17-30(36-2)18-14-27)32(25-8-4-3-5-9-25)28-10-6-7-23(20-28)19-24(21-33)22-34/h3-20H,1-2H3. The maximum Gasteiger partial charge on any atom is 0.130 e. The molecule has 0 atom stereocenters. The Morgan fingerprint density at radius 1 is 0.583 bits per heavy atom. The minimum atomic E-state index is 0.0583. The van der Waals surface area contributed by atoms with Crippen LogP contribution in [0.3, 0.4) is 0 Å². The van der Waals surface area contributed by atoms with E-state index < -0.39 is 0 Å². The van der Waals surface area contributed by atoms with Crippen molar-refractivity contribution in [3.8, 4) is 23.6 Å². The van der Waals surface area contributed by atoms with Crippen molar-refractivity contribution in [2.75, 3.05) is 14.2 Å². The van der Waals surface area contributed by atoms with Crippen molar-refractivity contribution in [3.05, 3.63) is 137 Å². The number of allylic oxidation sites excluding steroid dienone is 1. The highest BCUT2D eigenvalue weighted by molar-refractivity contribution is 6.04. The van der Waals surface area contributed by atoms with E-state index in [1.165, 1.54) is 0 Å². The Morgan fingerprint density at radius 2 is 1.06 bits per heavy atom. The lowest BCUT2D eigenvalue weighted by Crippen LogP contribution is -1.98. The summed E-state index contributed by atoms with van der Waals surface area (Å²) in [7, 11) is 3.31. The van der Waals surface area contributed by atoms with E-state index in [1.807, 2.05) is 78.9 Å². The number of rotatable bonds is 7. The zero-order valence-corrected chi connectivity index (χ0v) is 20.1. The second-order valence-corrected chi connectivity index (χ2v) is 7.98. The fourth-order valence-corrected chi connectivity index (χ4v) is 4.07. The van der Waals surface area contributed by atoms with E-state index in [-0.39, 0.29) is 5.57 Å². The first kappa shape index (κ1) is 24.1. The van der Waals surface area contributed by atoms with Gasteiger partial charge in [0.2, 0.25) is 0 Å². The quantitative estimate of drug-likeness (QED) is 0.213. The molecule has 0 amide bonds. The molecule has 4 aromatic rings. The summed E-state index contributed by atoms with van der Waals surface area (Å²) < 4.78 is 10.8. The van der Waals surface area contributed by atoms with Gasteiger partial charge in [0.15, 0.2) is 0 Å². The normalized spacial score (nSPS) is 9.89. The third-order valence-electron chi connectivity index (χ3n) is 5.80. The molecule has 0 spiro atoms. The van der Waals surface area contributed by atoms with Crippen molar-refractivity contribution in [2.24, 2.45) is 0 Å². The highest BCUT2D eigenvalue weighted by atomic mass is 16.5. The average Bonchev–Trinajstić information content (AvgIpc) is 2.95. The van der Waals surface area contributed by atoms with Crippen molar-refractivity contribution in [1.82, 2.24) is 0 Å². The molecule has 0 saturated heterocycles. The minimum absolute atomic E-state index is 0.0583. The molecule has 174 valence electrons. The van der Waals surface area contributed by atoms with Gasteiger partial charge in [0.1, 0.15) is 29.2 Å². The molecule has 0 aromatic heterocycles. The Bertz CT molecular complexity index is 1420. The van der Waals surface area contributed by atoms with E-state index in [0.717, 1.165) is 50.5 Å². The molecule has 0 aliphatic rings. The predicted octanol–water partition coefficient (Wildman–Crippen LogP) is 7.14. The zero-order valence-electron chi connectivity index (χ0n) is 20.1. The Balaban J connectivity index is 2.05. The van der Waals surface area contributed by atoms with Gasteiger partial charge in [-0.3, -0.25) is 0 Å². The summed E-state index contributed by atoms with van der Waals surface area (Å²) in [5.41, 5.74) is 6.95.